The van der Waals surface area contributed by atoms with Gasteiger partial charge in [0, 0.05) is 12.5 Å². The summed E-state index contributed by atoms with van der Waals surface area (Å²) < 4.78 is 10.5. The van der Waals surface area contributed by atoms with Crippen LogP contribution in [0.2, 0.25) is 0 Å². The predicted molar refractivity (Wildman–Crippen MR) is 58.0 cm³/mol. The molecule has 0 aliphatic rings. The van der Waals surface area contributed by atoms with Crippen molar-refractivity contribution in [3.8, 4) is 5.75 Å². The maximum atomic E-state index is 5.53. The topological polar surface area (TPSA) is 18.5 Å². The zero-order valence-corrected chi connectivity index (χ0v) is 9.09. The molecule has 0 radical (unpaired) electrons. The van der Waals surface area contributed by atoms with Crippen LogP contribution in [-0.2, 0) is 11.3 Å². The molecule has 0 spiro atoms. The number of halogens is 1. The standard InChI is InChI=1S/C11H15ClO2/c1-13-11-5-3-10(4-6-11)9-14-8-2-7-12/h3-6H,2,7-9H2,1H3. The van der Waals surface area contributed by atoms with E-state index in [4.69, 9.17) is 21.1 Å². The first-order valence-corrected chi connectivity index (χ1v) is 5.17. The molecule has 2 nitrogen and oxygen atoms in total. The van der Waals surface area contributed by atoms with Crippen molar-refractivity contribution in [2.75, 3.05) is 19.6 Å². The Kier molecular flexibility index (Phi) is 5.42. The van der Waals surface area contributed by atoms with Gasteiger partial charge in [0.05, 0.1) is 13.7 Å². The van der Waals surface area contributed by atoms with E-state index in [0.717, 1.165) is 24.3 Å². The maximum absolute atomic E-state index is 5.53. The van der Waals surface area contributed by atoms with Crippen LogP contribution < -0.4 is 4.74 Å². The van der Waals surface area contributed by atoms with Crippen LogP contribution in [-0.4, -0.2) is 19.6 Å². The molecule has 78 valence electrons. The van der Waals surface area contributed by atoms with E-state index < -0.39 is 0 Å². The first-order chi connectivity index (χ1) is 6.86. The third-order valence-corrected chi connectivity index (χ3v) is 2.12. The van der Waals surface area contributed by atoms with E-state index in [9.17, 15) is 0 Å². The lowest BCUT2D eigenvalue weighted by atomic mass is 10.2. The van der Waals surface area contributed by atoms with Crippen molar-refractivity contribution in [3.63, 3.8) is 0 Å². The van der Waals surface area contributed by atoms with Crippen LogP contribution in [0.15, 0.2) is 24.3 Å². The molecular weight excluding hydrogens is 200 g/mol. The van der Waals surface area contributed by atoms with Crippen LogP contribution >= 0.6 is 11.6 Å². The fourth-order valence-electron chi connectivity index (χ4n) is 1.07. The Morgan fingerprint density at radius 2 is 1.93 bits per heavy atom. The van der Waals surface area contributed by atoms with Gasteiger partial charge < -0.3 is 9.47 Å². The number of benzene rings is 1. The zero-order valence-electron chi connectivity index (χ0n) is 8.33. The Bertz CT molecular complexity index is 246. The number of rotatable bonds is 6. The molecule has 0 saturated carbocycles. The van der Waals surface area contributed by atoms with Crippen LogP contribution in [0.4, 0.5) is 0 Å². The summed E-state index contributed by atoms with van der Waals surface area (Å²) >= 11 is 5.53. The van der Waals surface area contributed by atoms with E-state index >= 15 is 0 Å². The summed E-state index contributed by atoms with van der Waals surface area (Å²) in [6, 6.07) is 7.86. The minimum absolute atomic E-state index is 0.640. The molecule has 0 N–H and O–H groups in total. The molecule has 0 aliphatic carbocycles. The molecule has 0 heterocycles. The monoisotopic (exact) mass is 214 g/mol. The molecule has 14 heavy (non-hydrogen) atoms. The summed E-state index contributed by atoms with van der Waals surface area (Å²) in [5.41, 5.74) is 1.15. The molecule has 1 aromatic rings. The van der Waals surface area contributed by atoms with E-state index in [-0.39, 0.29) is 0 Å². The van der Waals surface area contributed by atoms with Gasteiger partial charge in [0.25, 0.3) is 0 Å². The summed E-state index contributed by atoms with van der Waals surface area (Å²) in [4.78, 5) is 0. The zero-order chi connectivity index (χ0) is 10.2. The summed E-state index contributed by atoms with van der Waals surface area (Å²) in [6.45, 7) is 1.36. The van der Waals surface area contributed by atoms with Crippen molar-refractivity contribution in [1.82, 2.24) is 0 Å². The average molecular weight is 215 g/mol. The van der Waals surface area contributed by atoms with Crippen molar-refractivity contribution in [3.05, 3.63) is 29.8 Å². The molecule has 0 amide bonds. The van der Waals surface area contributed by atoms with Gasteiger partial charge in [0.15, 0.2) is 0 Å². The Morgan fingerprint density at radius 3 is 2.50 bits per heavy atom. The number of hydrogen-bond donors (Lipinski definition) is 0. The largest absolute Gasteiger partial charge is 0.497 e. The molecule has 1 aromatic carbocycles. The van der Waals surface area contributed by atoms with Gasteiger partial charge in [-0.05, 0) is 24.1 Å². The first-order valence-electron chi connectivity index (χ1n) is 4.63. The minimum Gasteiger partial charge on any atom is -0.497 e. The molecule has 0 saturated heterocycles. The van der Waals surface area contributed by atoms with Crippen LogP contribution in [0.25, 0.3) is 0 Å². The summed E-state index contributed by atoms with van der Waals surface area (Å²) in [7, 11) is 1.66. The van der Waals surface area contributed by atoms with Gasteiger partial charge in [-0.3, -0.25) is 0 Å². The van der Waals surface area contributed by atoms with Gasteiger partial charge in [-0.2, -0.15) is 0 Å². The molecule has 3 heteroatoms. The predicted octanol–water partition coefficient (Wildman–Crippen LogP) is 2.84. The second-order valence-corrected chi connectivity index (χ2v) is 3.32. The lowest BCUT2D eigenvalue weighted by Crippen LogP contribution is -1.96. The molecule has 0 bridgehead atoms. The molecule has 0 fully saturated rings. The van der Waals surface area contributed by atoms with Crippen LogP contribution in [0.1, 0.15) is 12.0 Å². The molecule has 0 aliphatic heterocycles. The number of alkyl halides is 1. The lowest BCUT2D eigenvalue weighted by Gasteiger charge is -2.04. The smallest absolute Gasteiger partial charge is 0.118 e. The van der Waals surface area contributed by atoms with E-state index in [1.54, 1.807) is 7.11 Å². The highest BCUT2D eigenvalue weighted by molar-refractivity contribution is 6.17. The van der Waals surface area contributed by atoms with E-state index in [1.807, 2.05) is 24.3 Å². The van der Waals surface area contributed by atoms with E-state index in [2.05, 4.69) is 0 Å². The van der Waals surface area contributed by atoms with E-state index in [0.29, 0.717) is 12.5 Å². The SMILES string of the molecule is COc1ccc(COCCCCl)cc1. The van der Waals surface area contributed by atoms with Crippen LogP contribution in [0, 0.1) is 0 Å². The van der Waals surface area contributed by atoms with Crippen LogP contribution in [0.5, 0.6) is 5.75 Å². The lowest BCUT2D eigenvalue weighted by molar-refractivity contribution is 0.122. The Balaban J connectivity index is 2.29. The second-order valence-electron chi connectivity index (χ2n) is 2.94. The van der Waals surface area contributed by atoms with Crippen molar-refractivity contribution in [2.45, 2.75) is 13.0 Å². The second kappa shape index (κ2) is 6.68. The van der Waals surface area contributed by atoms with Gasteiger partial charge in [-0.25, -0.2) is 0 Å². The Hall–Kier alpha value is -0.730. The molecule has 1 rings (SSSR count). The fraction of sp³-hybridized carbons (Fsp3) is 0.455. The quantitative estimate of drug-likeness (QED) is 0.536. The average Bonchev–Trinajstić information content (AvgIpc) is 2.25. The van der Waals surface area contributed by atoms with Crippen molar-refractivity contribution in [1.29, 1.82) is 0 Å². The summed E-state index contributed by atoms with van der Waals surface area (Å²) in [5, 5.41) is 0. The third-order valence-electron chi connectivity index (χ3n) is 1.85. The Labute approximate surface area is 89.8 Å². The summed E-state index contributed by atoms with van der Waals surface area (Å²) in [6.07, 6.45) is 0.901. The molecule has 0 atom stereocenters. The highest BCUT2D eigenvalue weighted by Crippen LogP contribution is 2.11. The van der Waals surface area contributed by atoms with Gasteiger partial charge >= 0.3 is 0 Å². The van der Waals surface area contributed by atoms with Gasteiger partial charge in [0.2, 0.25) is 0 Å². The van der Waals surface area contributed by atoms with Gasteiger partial charge in [-0.1, -0.05) is 12.1 Å². The molecular formula is C11H15ClO2. The summed E-state index contributed by atoms with van der Waals surface area (Å²) in [5.74, 6) is 1.53. The van der Waals surface area contributed by atoms with Crippen molar-refractivity contribution < 1.29 is 9.47 Å². The highest BCUT2D eigenvalue weighted by Gasteiger charge is 1.94. The fourth-order valence-corrected chi connectivity index (χ4v) is 1.18. The third kappa shape index (κ3) is 3.99. The number of methoxy groups -OCH3 is 1. The Morgan fingerprint density at radius 1 is 1.21 bits per heavy atom. The maximum Gasteiger partial charge on any atom is 0.118 e. The van der Waals surface area contributed by atoms with Crippen LogP contribution in [0.3, 0.4) is 0 Å². The highest BCUT2D eigenvalue weighted by atomic mass is 35.5. The van der Waals surface area contributed by atoms with Crippen molar-refractivity contribution in [2.24, 2.45) is 0 Å². The first kappa shape index (κ1) is 11.3. The number of ether oxygens (including phenoxy) is 2. The normalized spacial score (nSPS) is 10.1. The minimum atomic E-state index is 0.640. The van der Waals surface area contributed by atoms with E-state index in [1.165, 1.54) is 0 Å². The van der Waals surface area contributed by atoms with Gasteiger partial charge in [0.1, 0.15) is 5.75 Å². The van der Waals surface area contributed by atoms with Gasteiger partial charge in [-0.15, -0.1) is 11.6 Å². The number of hydrogen-bond acceptors (Lipinski definition) is 2. The van der Waals surface area contributed by atoms with Crippen molar-refractivity contribution >= 4 is 11.6 Å². The molecule has 0 unspecified atom stereocenters. The molecule has 0 aromatic heterocycles.